The summed E-state index contributed by atoms with van der Waals surface area (Å²) in [6.07, 6.45) is 32.2. The number of hydrogen-bond donors (Lipinski definition) is 2. The summed E-state index contributed by atoms with van der Waals surface area (Å²) in [5.74, 6) is 0.279. The highest BCUT2D eigenvalue weighted by Crippen LogP contribution is 2.29. The molecule has 0 aliphatic heterocycles. The lowest BCUT2D eigenvalue weighted by molar-refractivity contribution is -0.117. The Balaban J connectivity index is 1.81. The minimum Gasteiger partial charge on any atom is -0.326 e. The van der Waals surface area contributed by atoms with Gasteiger partial charge in [0.05, 0.1) is 0 Å². The Morgan fingerprint density at radius 1 is 0.431 bits per heavy atom. The summed E-state index contributed by atoms with van der Waals surface area (Å²) in [5.41, 5.74) is 9.20. The van der Waals surface area contributed by atoms with Crippen LogP contribution in [0.2, 0.25) is 0 Å². The van der Waals surface area contributed by atoms with E-state index < -0.39 is 0 Å². The Morgan fingerprint density at radius 2 is 0.725 bits per heavy atom. The van der Waals surface area contributed by atoms with Crippen LogP contribution >= 0.6 is 0 Å². The Bertz CT molecular complexity index is 1150. The number of amides is 2. The highest BCUT2D eigenvalue weighted by Gasteiger charge is 2.14. The molecule has 4 nitrogen and oxygen atoms in total. The third-order valence-corrected chi connectivity index (χ3v) is 10.7. The molecular weight excluding hydrogens is 625 g/mol. The average Bonchev–Trinajstić information content (AvgIpc) is 3.11. The van der Waals surface area contributed by atoms with Gasteiger partial charge in [-0.2, -0.15) is 0 Å². The largest absolute Gasteiger partial charge is 0.326 e. The number of rotatable bonds is 30. The van der Waals surface area contributed by atoms with Crippen molar-refractivity contribution >= 4 is 23.2 Å². The van der Waals surface area contributed by atoms with Gasteiger partial charge in [-0.15, -0.1) is 0 Å². The van der Waals surface area contributed by atoms with Crippen molar-refractivity contribution in [2.24, 2.45) is 0 Å². The molecule has 0 aliphatic carbocycles. The molecule has 0 aliphatic rings. The summed E-state index contributed by atoms with van der Waals surface area (Å²) in [6.45, 7) is 13.1. The normalized spacial score (nSPS) is 11.3. The first-order valence-electron chi connectivity index (χ1n) is 21.7. The van der Waals surface area contributed by atoms with E-state index in [2.05, 4.69) is 76.4 Å². The van der Waals surface area contributed by atoms with Crippen molar-refractivity contribution in [2.45, 2.75) is 215 Å². The highest BCUT2D eigenvalue weighted by atomic mass is 16.2. The number of carbonyl (C=O) groups is 2. The standard InChI is InChI=1S/C47H78N2O2/c1-7-11-13-15-17-19-21-23-25-27-29-31-44(50)48-46-38(5)33-40(36-42(46)9-3)35-41-34-39(6)47(43(10-4)37-41)49-45(51)32-30-28-26-24-22-20-18-16-14-12-8-2/h33-34,36-37H,7-32,35H2,1-6H3,(H,48,50)(H,49,51). The zero-order valence-electron chi connectivity index (χ0n) is 34.2. The van der Waals surface area contributed by atoms with E-state index in [1.807, 2.05) is 0 Å². The van der Waals surface area contributed by atoms with Crippen molar-refractivity contribution in [2.75, 3.05) is 10.6 Å². The molecule has 0 unspecified atom stereocenters. The molecule has 0 heterocycles. The quantitative estimate of drug-likeness (QED) is 0.0796. The number of nitrogens with one attached hydrogen (secondary N) is 2. The molecule has 4 heteroatoms. The first-order valence-corrected chi connectivity index (χ1v) is 21.7. The van der Waals surface area contributed by atoms with E-state index in [9.17, 15) is 9.59 Å². The maximum Gasteiger partial charge on any atom is 0.224 e. The molecule has 2 N–H and O–H groups in total. The topological polar surface area (TPSA) is 58.2 Å². The van der Waals surface area contributed by atoms with E-state index in [4.69, 9.17) is 0 Å². The summed E-state index contributed by atoms with van der Waals surface area (Å²) in [4.78, 5) is 25.8. The molecule has 0 saturated heterocycles. The number of unbranched alkanes of at least 4 members (excludes halogenated alkanes) is 20. The number of anilines is 2. The highest BCUT2D eigenvalue weighted by molar-refractivity contribution is 5.93. The van der Waals surface area contributed by atoms with Gasteiger partial charge in [0.1, 0.15) is 0 Å². The third kappa shape index (κ3) is 19.2. The minimum atomic E-state index is 0.140. The fourth-order valence-corrected chi connectivity index (χ4v) is 7.54. The summed E-state index contributed by atoms with van der Waals surface area (Å²) in [6, 6.07) is 9.02. The molecule has 0 aromatic heterocycles. The third-order valence-electron chi connectivity index (χ3n) is 10.7. The maximum absolute atomic E-state index is 12.9. The molecule has 0 atom stereocenters. The lowest BCUT2D eigenvalue weighted by atomic mass is 9.94. The Morgan fingerprint density at radius 3 is 1.02 bits per heavy atom. The zero-order chi connectivity index (χ0) is 37.1. The van der Waals surface area contributed by atoms with Gasteiger partial charge in [-0.3, -0.25) is 9.59 Å². The molecule has 0 radical (unpaired) electrons. The molecule has 2 rings (SSSR count). The van der Waals surface area contributed by atoms with Crippen molar-refractivity contribution in [1.29, 1.82) is 0 Å². The second-order valence-corrected chi connectivity index (χ2v) is 15.4. The molecule has 2 aromatic rings. The van der Waals surface area contributed by atoms with Gasteiger partial charge < -0.3 is 10.6 Å². The SMILES string of the molecule is CCCCCCCCCCCCCC(=O)Nc1c(C)cc(Cc2cc(C)c(NC(=O)CCCCCCCCCCCCC)c(CC)c2)cc1CC. The van der Waals surface area contributed by atoms with Crippen LogP contribution in [0.25, 0.3) is 0 Å². The van der Waals surface area contributed by atoms with E-state index in [0.29, 0.717) is 12.8 Å². The predicted octanol–water partition coefficient (Wildman–Crippen LogP) is 14.3. The van der Waals surface area contributed by atoms with Gasteiger partial charge in [-0.05, 0) is 79.3 Å². The second kappa shape index (κ2) is 28.0. The number of carbonyl (C=O) groups excluding carboxylic acids is 2. The number of benzene rings is 2. The summed E-state index contributed by atoms with van der Waals surface area (Å²) in [7, 11) is 0. The second-order valence-electron chi connectivity index (χ2n) is 15.4. The van der Waals surface area contributed by atoms with Crippen LogP contribution in [0.15, 0.2) is 24.3 Å². The van der Waals surface area contributed by atoms with E-state index in [0.717, 1.165) is 67.4 Å². The summed E-state index contributed by atoms with van der Waals surface area (Å²) < 4.78 is 0. The molecule has 2 aromatic carbocycles. The van der Waals surface area contributed by atoms with Gasteiger partial charge in [0.15, 0.2) is 0 Å². The van der Waals surface area contributed by atoms with Gasteiger partial charge in [0.2, 0.25) is 11.8 Å². The average molecular weight is 703 g/mol. The van der Waals surface area contributed by atoms with Crippen molar-refractivity contribution in [1.82, 2.24) is 0 Å². The van der Waals surface area contributed by atoms with Crippen LogP contribution in [0.3, 0.4) is 0 Å². The number of hydrogen-bond acceptors (Lipinski definition) is 2. The van der Waals surface area contributed by atoms with Crippen molar-refractivity contribution in [3.63, 3.8) is 0 Å². The fourth-order valence-electron chi connectivity index (χ4n) is 7.54. The minimum absolute atomic E-state index is 0.140. The molecule has 2 amide bonds. The molecule has 0 spiro atoms. The summed E-state index contributed by atoms with van der Waals surface area (Å²) in [5, 5.41) is 6.53. The van der Waals surface area contributed by atoms with E-state index in [-0.39, 0.29) is 11.8 Å². The van der Waals surface area contributed by atoms with Crippen molar-refractivity contribution in [3.8, 4) is 0 Å². The van der Waals surface area contributed by atoms with E-state index >= 15 is 0 Å². The molecule has 288 valence electrons. The van der Waals surface area contributed by atoms with Crippen molar-refractivity contribution < 1.29 is 9.59 Å². The van der Waals surface area contributed by atoms with Crippen LogP contribution < -0.4 is 10.6 Å². The zero-order valence-corrected chi connectivity index (χ0v) is 34.2. The monoisotopic (exact) mass is 703 g/mol. The lowest BCUT2D eigenvalue weighted by Crippen LogP contribution is -2.14. The van der Waals surface area contributed by atoms with E-state index in [1.54, 1.807) is 0 Å². The Kier molecular flexibility index (Phi) is 24.4. The fraction of sp³-hybridized carbons (Fsp3) is 0.702. The Labute approximate surface area is 315 Å². The van der Waals surface area contributed by atoms with Crippen LogP contribution in [0.5, 0.6) is 0 Å². The van der Waals surface area contributed by atoms with Crippen molar-refractivity contribution in [3.05, 3.63) is 57.6 Å². The maximum atomic E-state index is 12.9. The lowest BCUT2D eigenvalue weighted by Gasteiger charge is -2.18. The van der Waals surface area contributed by atoms with E-state index in [1.165, 1.54) is 138 Å². The molecule has 0 saturated carbocycles. The first kappa shape index (κ1) is 44.5. The molecule has 51 heavy (non-hydrogen) atoms. The van der Waals surface area contributed by atoms with Gasteiger partial charge >= 0.3 is 0 Å². The summed E-state index contributed by atoms with van der Waals surface area (Å²) >= 11 is 0. The predicted molar refractivity (Wildman–Crippen MR) is 223 cm³/mol. The van der Waals surface area contributed by atoms with Crippen LogP contribution in [0.4, 0.5) is 11.4 Å². The molecular formula is C47H78N2O2. The molecule has 0 bridgehead atoms. The Hall–Kier alpha value is -2.62. The molecule has 0 fully saturated rings. The number of aryl methyl sites for hydroxylation is 4. The smallest absolute Gasteiger partial charge is 0.224 e. The first-order chi connectivity index (χ1) is 24.8. The van der Waals surface area contributed by atoms with Crippen LogP contribution in [0, 0.1) is 13.8 Å². The van der Waals surface area contributed by atoms with Gasteiger partial charge in [0.25, 0.3) is 0 Å². The van der Waals surface area contributed by atoms with Gasteiger partial charge in [-0.1, -0.05) is 180 Å². The van der Waals surface area contributed by atoms with Crippen LogP contribution in [0.1, 0.15) is 215 Å². The van der Waals surface area contributed by atoms with Gasteiger partial charge in [0, 0.05) is 24.2 Å². The van der Waals surface area contributed by atoms with Gasteiger partial charge in [-0.25, -0.2) is 0 Å². The van der Waals surface area contributed by atoms with Crippen LogP contribution in [-0.2, 0) is 28.9 Å². The van der Waals surface area contributed by atoms with Crippen LogP contribution in [-0.4, -0.2) is 11.8 Å².